The van der Waals surface area contributed by atoms with E-state index >= 15 is 0 Å². The Bertz CT molecular complexity index is 307. The van der Waals surface area contributed by atoms with Gasteiger partial charge in [-0.05, 0) is 37.7 Å². The SMILES string of the molecule is COCCC(C)C(N)CCc1ccc(C)cc1. The van der Waals surface area contributed by atoms with Gasteiger partial charge in [-0.15, -0.1) is 0 Å². The highest BCUT2D eigenvalue weighted by atomic mass is 16.5. The van der Waals surface area contributed by atoms with E-state index in [0.29, 0.717) is 5.92 Å². The molecule has 2 N–H and O–H groups in total. The number of ether oxygens (including phenoxy) is 1. The summed E-state index contributed by atoms with van der Waals surface area (Å²) in [5.74, 6) is 0.528. The van der Waals surface area contributed by atoms with Crippen molar-refractivity contribution in [2.24, 2.45) is 11.7 Å². The van der Waals surface area contributed by atoms with Gasteiger partial charge in [-0.1, -0.05) is 36.8 Å². The molecular formula is C15H25NO. The van der Waals surface area contributed by atoms with Gasteiger partial charge in [-0.2, -0.15) is 0 Å². The van der Waals surface area contributed by atoms with Gasteiger partial charge in [-0.25, -0.2) is 0 Å². The first-order valence-corrected chi connectivity index (χ1v) is 6.43. The maximum absolute atomic E-state index is 6.18. The lowest BCUT2D eigenvalue weighted by molar-refractivity contribution is 0.173. The number of aryl methyl sites for hydroxylation is 2. The van der Waals surface area contributed by atoms with Gasteiger partial charge in [0.25, 0.3) is 0 Å². The monoisotopic (exact) mass is 235 g/mol. The molecular weight excluding hydrogens is 210 g/mol. The summed E-state index contributed by atoms with van der Waals surface area (Å²) in [6.45, 7) is 5.13. The van der Waals surface area contributed by atoms with Crippen LogP contribution in [0.25, 0.3) is 0 Å². The lowest BCUT2D eigenvalue weighted by Crippen LogP contribution is -2.29. The van der Waals surface area contributed by atoms with Gasteiger partial charge in [-0.3, -0.25) is 0 Å². The van der Waals surface area contributed by atoms with Crippen LogP contribution in [0.5, 0.6) is 0 Å². The fraction of sp³-hybridized carbons (Fsp3) is 0.600. The third-order valence-electron chi connectivity index (χ3n) is 3.40. The molecule has 0 aromatic heterocycles. The van der Waals surface area contributed by atoms with Crippen molar-refractivity contribution in [3.8, 4) is 0 Å². The van der Waals surface area contributed by atoms with Crippen LogP contribution in [-0.2, 0) is 11.2 Å². The summed E-state index contributed by atoms with van der Waals surface area (Å²) in [5.41, 5.74) is 8.87. The second kappa shape index (κ2) is 7.46. The van der Waals surface area contributed by atoms with Gasteiger partial charge in [0.05, 0.1) is 0 Å². The zero-order valence-corrected chi connectivity index (χ0v) is 11.3. The number of methoxy groups -OCH3 is 1. The molecule has 0 bridgehead atoms. The highest BCUT2D eigenvalue weighted by molar-refractivity contribution is 5.21. The third-order valence-corrected chi connectivity index (χ3v) is 3.40. The van der Waals surface area contributed by atoms with Crippen LogP contribution in [0.2, 0.25) is 0 Å². The van der Waals surface area contributed by atoms with Gasteiger partial charge < -0.3 is 10.5 Å². The Morgan fingerprint density at radius 3 is 2.41 bits per heavy atom. The summed E-state index contributed by atoms with van der Waals surface area (Å²) in [6.07, 6.45) is 3.16. The second-order valence-electron chi connectivity index (χ2n) is 4.95. The smallest absolute Gasteiger partial charge is 0.0465 e. The van der Waals surface area contributed by atoms with Gasteiger partial charge in [0.15, 0.2) is 0 Å². The lowest BCUT2D eigenvalue weighted by Gasteiger charge is -2.19. The van der Waals surface area contributed by atoms with Crippen molar-refractivity contribution in [2.45, 2.75) is 39.2 Å². The maximum Gasteiger partial charge on any atom is 0.0465 e. The van der Waals surface area contributed by atoms with Crippen molar-refractivity contribution in [3.63, 3.8) is 0 Å². The largest absolute Gasteiger partial charge is 0.385 e. The summed E-state index contributed by atoms with van der Waals surface area (Å²) >= 11 is 0. The first kappa shape index (κ1) is 14.2. The first-order chi connectivity index (χ1) is 8.13. The Morgan fingerprint density at radius 2 is 1.82 bits per heavy atom. The van der Waals surface area contributed by atoms with Crippen molar-refractivity contribution in [2.75, 3.05) is 13.7 Å². The van der Waals surface area contributed by atoms with E-state index in [1.807, 2.05) is 0 Å². The molecule has 0 heterocycles. The minimum Gasteiger partial charge on any atom is -0.385 e. The van der Waals surface area contributed by atoms with Crippen LogP contribution < -0.4 is 5.73 Å². The number of hydrogen-bond acceptors (Lipinski definition) is 2. The molecule has 2 atom stereocenters. The minimum atomic E-state index is 0.270. The molecule has 0 aliphatic heterocycles. The molecule has 1 rings (SSSR count). The molecule has 96 valence electrons. The Labute approximate surface area is 105 Å². The lowest BCUT2D eigenvalue weighted by atomic mass is 9.93. The molecule has 0 radical (unpaired) electrons. The number of benzene rings is 1. The van der Waals surface area contributed by atoms with E-state index in [9.17, 15) is 0 Å². The van der Waals surface area contributed by atoms with Gasteiger partial charge >= 0.3 is 0 Å². The van der Waals surface area contributed by atoms with Crippen LogP contribution in [0.1, 0.15) is 30.9 Å². The molecule has 0 saturated carbocycles. The summed E-state index contributed by atoms with van der Waals surface area (Å²) in [5, 5.41) is 0. The molecule has 2 unspecified atom stereocenters. The molecule has 2 nitrogen and oxygen atoms in total. The molecule has 1 aromatic rings. The summed E-state index contributed by atoms with van der Waals surface area (Å²) in [4.78, 5) is 0. The van der Waals surface area contributed by atoms with Crippen LogP contribution in [0.3, 0.4) is 0 Å². The molecule has 2 heteroatoms. The first-order valence-electron chi connectivity index (χ1n) is 6.43. The number of hydrogen-bond donors (Lipinski definition) is 1. The van der Waals surface area contributed by atoms with Crippen LogP contribution in [0, 0.1) is 12.8 Å². The number of nitrogens with two attached hydrogens (primary N) is 1. The van der Waals surface area contributed by atoms with Crippen molar-refractivity contribution < 1.29 is 4.74 Å². The summed E-state index contributed by atoms with van der Waals surface area (Å²) in [6, 6.07) is 8.99. The van der Waals surface area contributed by atoms with E-state index in [-0.39, 0.29) is 6.04 Å². The van der Waals surface area contributed by atoms with Gasteiger partial charge in [0, 0.05) is 19.8 Å². The predicted octanol–water partition coefficient (Wildman–Crippen LogP) is 2.93. The van der Waals surface area contributed by atoms with Crippen molar-refractivity contribution in [3.05, 3.63) is 35.4 Å². The third kappa shape index (κ3) is 5.33. The summed E-state index contributed by atoms with van der Waals surface area (Å²) in [7, 11) is 1.74. The maximum atomic E-state index is 6.18. The van der Waals surface area contributed by atoms with Gasteiger partial charge in [0.2, 0.25) is 0 Å². The molecule has 17 heavy (non-hydrogen) atoms. The van der Waals surface area contributed by atoms with E-state index in [1.165, 1.54) is 11.1 Å². The van der Waals surface area contributed by atoms with Crippen molar-refractivity contribution in [1.29, 1.82) is 0 Å². The van der Waals surface area contributed by atoms with E-state index in [0.717, 1.165) is 25.9 Å². The Morgan fingerprint density at radius 1 is 1.18 bits per heavy atom. The molecule has 0 amide bonds. The zero-order valence-electron chi connectivity index (χ0n) is 11.3. The average molecular weight is 235 g/mol. The molecule has 0 aliphatic carbocycles. The molecule has 1 aromatic carbocycles. The van der Waals surface area contributed by atoms with E-state index in [2.05, 4.69) is 38.1 Å². The quantitative estimate of drug-likeness (QED) is 0.788. The normalized spacial score (nSPS) is 14.6. The van der Waals surface area contributed by atoms with E-state index in [4.69, 9.17) is 10.5 Å². The zero-order chi connectivity index (χ0) is 12.7. The van der Waals surface area contributed by atoms with E-state index < -0.39 is 0 Å². The minimum absolute atomic E-state index is 0.270. The van der Waals surface area contributed by atoms with Crippen LogP contribution in [0.4, 0.5) is 0 Å². The standard InChI is InChI=1S/C15H25NO/c1-12-4-6-14(7-5-12)8-9-15(16)13(2)10-11-17-3/h4-7,13,15H,8-11,16H2,1-3H3. The van der Waals surface area contributed by atoms with Crippen LogP contribution >= 0.6 is 0 Å². The van der Waals surface area contributed by atoms with E-state index in [1.54, 1.807) is 7.11 Å². The predicted molar refractivity (Wildman–Crippen MR) is 73.1 cm³/mol. The molecule has 0 aliphatic rings. The summed E-state index contributed by atoms with van der Waals surface area (Å²) < 4.78 is 5.08. The Hall–Kier alpha value is -0.860. The van der Waals surface area contributed by atoms with Crippen molar-refractivity contribution in [1.82, 2.24) is 0 Å². The van der Waals surface area contributed by atoms with Crippen LogP contribution in [-0.4, -0.2) is 19.8 Å². The van der Waals surface area contributed by atoms with Crippen molar-refractivity contribution >= 4 is 0 Å². The fourth-order valence-electron chi connectivity index (χ4n) is 1.89. The fourth-order valence-corrected chi connectivity index (χ4v) is 1.89. The molecule has 0 spiro atoms. The average Bonchev–Trinajstić information content (AvgIpc) is 2.34. The topological polar surface area (TPSA) is 35.2 Å². The highest BCUT2D eigenvalue weighted by Crippen LogP contribution is 2.13. The highest BCUT2D eigenvalue weighted by Gasteiger charge is 2.12. The molecule has 0 fully saturated rings. The van der Waals surface area contributed by atoms with Gasteiger partial charge in [0.1, 0.15) is 0 Å². The second-order valence-corrected chi connectivity index (χ2v) is 4.95. The number of rotatable bonds is 7. The Kier molecular flexibility index (Phi) is 6.23. The molecule has 0 saturated heterocycles. The van der Waals surface area contributed by atoms with Crippen LogP contribution in [0.15, 0.2) is 24.3 Å². The Balaban J connectivity index is 2.32.